The molecule has 6 bridgehead atoms. The topological polar surface area (TPSA) is 243 Å². The summed E-state index contributed by atoms with van der Waals surface area (Å²) < 4.78 is 16.9. The second-order valence-electron chi connectivity index (χ2n) is 10.1. The van der Waals surface area contributed by atoms with Gasteiger partial charge >= 0.3 is 0 Å². The Morgan fingerprint density at radius 1 is 0.524 bits per heavy atom. The van der Waals surface area contributed by atoms with Gasteiger partial charge in [-0.1, -0.05) is 0 Å². The molecule has 1 aliphatic rings. The third kappa shape index (κ3) is 8.02. The molecule has 0 saturated carbocycles. The van der Waals surface area contributed by atoms with Crippen molar-refractivity contribution in [1.29, 1.82) is 0 Å². The molecule has 3 atom stereocenters. The number of nitrogens with two attached hydrogens (primary N) is 3. The van der Waals surface area contributed by atoms with Crippen LogP contribution in [0.25, 0.3) is 0 Å². The highest BCUT2D eigenvalue weighted by Crippen LogP contribution is 2.25. The average molecular weight is 586 g/mol. The zero-order chi connectivity index (χ0) is 29.9. The summed E-state index contributed by atoms with van der Waals surface area (Å²) in [5.74, 6) is -1.08. The fraction of sp³-hybridized carbons (Fsp3) is 0.556. The van der Waals surface area contributed by atoms with Gasteiger partial charge in [0.2, 0.25) is 17.7 Å². The standard InChI is InChI=1S/C27H39N9O6/c28-10-4-1-7-16-25-34-20(13-40-25)23(38)32-18(9-3-6-12-30)27-36-21(15-42-27)24(39)33-17(8-2-5-11-29)26-35-19(14-41-26)22(37)31-16/h13-18H,1-12,28-30H2,(H,31,37)(H,32,38)(H,33,39)/t16-,17-,18-/m1/s1. The van der Waals surface area contributed by atoms with E-state index in [0.29, 0.717) is 58.2 Å². The lowest BCUT2D eigenvalue weighted by Crippen LogP contribution is -2.32. The zero-order valence-electron chi connectivity index (χ0n) is 23.5. The average Bonchev–Trinajstić information content (AvgIpc) is 3.77. The van der Waals surface area contributed by atoms with Crippen molar-refractivity contribution in [3.05, 3.63) is 53.5 Å². The maximum Gasteiger partial charge on any atom is 0.273 e. The van der Waals surface area contributed by atoms with Crippen LogP contribution >= 0.6 is 0 Å². The minimum atomic E-state index is -0.653. The molecule has 4 heterocycles. The summed E-state index contributed by atoms with van der Waals surface area (Å²) in [5.41, 5.74) is 17.0. The van der Waals surface area contributed by atoms with Crippen molar-refractivity contribution in [3.63, 3.8) is 0 Å². The minimum Gasteiger partial charge on any atom is -0.446 e. The van der Waals surface area contributed by atoms with Gasteiger partial charge in [0.15, 0.2) is 17.1 Å². The highest BCUT2D eigenvalue weighted by Gasteiger charge is 2.29. The van der Waals surface area contributed by atoms with Gasteiger partial charge in [-0.3, -0.25) is 14.4 Å². The number of nitrogens with zero attached hydrogens (tertiary/aromatic N) is 3. The van der Waals surface area contributed by atoms with Crippen molar-refractivity contribution in [2.75, 3.05) is 19.6 Å². The number of aromatic nitrogens is 3. The quantitative estimate of drug-likeness (QED) is 0.167. The molecule has 0 fully saturated rings. The highest BCUT2D eigenvalue weighted by molar-refractivity contribution is 5.94. The molecule has 0 saturated heterocycles. The van der Waals surface area contributed by atoms with Gasteiger partial charge in [0.05, 0.1) is 0 Å². The molecule has 3 aromatic rings. The molecule has 0 spiro atoms. The van der Waals surface area contributed by atoms with Crippen LogP contribution < -0.4 is 33.2 Å². The number of fused-ring (bicyclic) bond motifs is 6. The number of carbonyl (C=O) groups is 3. The Hall–Kier alpha value is -4.08. The van der Waals surface area contributed by atoms with E-state index in [2.05, 4.69) is 30.9 Å². The SMILES string of the molecule is NCCCC[C@H]1NC(=O)c2coc(n2)[C@@H](CCCCN)NC(=O)c2coc(n2)[C@@H](CCCCN)NC(=O)c2coc1n2. The summed E-state index contributed by atoms with van der Waals surface area (Å²) in [4.78, 5) is 52.7. The van der Waals surface area contributed by atoms with E-state index in [1.807, 2.05) is 0 Å². The number of carbonyl (C=O) groups excluding carboxylic acids is 3. The number of nitrogens with one attached hydrogen (secondary N) is 3. The molecule has 0 unspecified atom stereocenters. The van der Waals surface area contributed by atoms with E-state index in [-0.39, 0.29) is 34.8 Å². The van der Waals surface area contributed by atoms with E-state index in [4.69, 9.17) is 30.5 Å². The Labute approximate surface area is 242 Å². The predicted molar refractivity (Wildman–Crippen MR) is 149 cm³/mol. The van der Waals surface area contributed by atoms with Gasteiger partial charge in [-0.15, -0.1) is 0 Å². The molecule has 228 valence electrons. The first-order chi connectivity index (χ1) is 20.4. The normalized spacial score (nSPS) is 19.5. The zero-order valence-corrected chi connectivity index (χ0v) is 23.5. The van der Waals surface area contributed by atoms with E-state index in [0.717, 1.165) is 19.3 Å². The molecule has 0 radical (unpaired) electrons. The third-order valence-corrected chi connectivity index (χ3v) is 6.91. The van der Waals surface area contributed by atoms with Gasteiger partial charge in [0.25, 0.3) is 17.7 Å². The Kier molecular flexibility index (Phi) is 11.2. The van der Waals surface area contributed by atoms with Crippen LogP contribution in [0.15, 0.2) is 32.0 Å². The fourth-order valence-corrected chi connectivity index (χ4v) is 4.60. The highest BCUT2D eigenvalue weighted by atomic mass is 16.4. The second-order valence-corrected chi connectivity index (χ2v) is 10.1. The van der Waals surface area contributed by atoms with Crippen LogP contribution in [0.1, 0.15) is 125 Å². The molecule has 3 amide bonds. The van der Waals surface area contributed by atoms with Crippen molar-refractivity contribution < 1.29 is 27.6 Å². The lowest BCUT2D eigenvalue weighted by atomic mass is 10.1. The molecule has 0 aliphatic carbocycles. The van der Waals surface area contributed by atoms with Gasteiger partial charge in [-0.25, -0.2) is 15.0 Å². The van der Waals surface area contributed by atoms with Crippen LogP contribution in [0.4, 0.5) is 0 Å². The van der Waals surface area contributed by atoms with Crippen molar-refractivity contribution in [2.24, 2.45) is 17.2 Å². The molecule has 3 aromatic heterocycles. The summed E-state index contributed by atoms with van der Waals surface area (Å²) in [6, 6.07) is -1.96. The number of hydrogen-bond donors (Lipinski definition) is 6. The summed E-state index contributed by atoms with van der Waals surface area (Å²) in [6.07, 6.45) is 9.30. The molecule has 42 heavy (non-hydrogen) atoms. The van der Waals surface area contributed by atoms with Gasteiger partial charge in [0.1, 0.15) is 36.9 Å². The van der Waals surface area contributed by atoms with Crippen LogP contribution in [-0.2, 0) is 0 Å². The first kappa shape index (κ1) is 30.9. The Balaban J connectivity index is 1.70. The second kappa shape index (κ2) is 15.2. The van der Waals surface area contributed by atoms with Crippen LogP contribution in [-0.4, -0.2) is 52.3 Å². The van der Waals surface area contributed by atoms with Gasteiger partial charge in [0, 0.05) is 0 Å². The first-order valence-corrected chi connectivity index (χ1v) is 14.3. The molecule has 0 aromatic carbocycles. The number of oxazole rings is 3. The van der Waals surface area contributed by atoms with Crippen molar-refractivity contribution in [3.8, 4) is 0 Å². The lowest BCUT2D eigenvalue weighted by molar-refractivity contribution is 0.0916. The maximum absolute atomic E-state index is 13.2. The van der Waals surface area contributed by atoms with E-state index in [1.54, 1.807) is 0 Å². The molecule has 15 heteroatoms. The fourth-order valence-electron chi connectivity index (χ4n) is 4.60. The summed E-state index contributed by atoms with van der Waals surface area (Å²) in [6.45, 7) is 1.45. The van der Waals surface area contributed by atoms with Crippen molar-refractivity contribution in [1.82, 2.24) is 30.9 Å². The largest absolute Gasteiger partial charge is 0.446 e. The predicted octanol–water partition coefficient (Wildman–Crippen LogP) is 1.76. The Morgan fingerprint density at radius 2 is 0.810 bits per heavy atom. The van der Waals surface area contributed by atoms with Gasteiger partial charge in [-0.05, 0) is 77.4 Å². The summed E-state index contributed by atoms with van der Waals surface area (Å²) in [7, 11) is 0. The first-order valence-electron chi connectivity index (χ1n) is 14.3. The lowest BCUT2D eigenvalue weighted by Gasteiger charge is -2.16. The van der Waals surface area contributed by atoms with Crippen LogP contribution in [0.3, 0.4) is 0 Å². The van der Waals surface area contributed by atoms with Gasteiger partial charge in [-0.2, -0.15) is 0 Å². The smallest absolute Gasteiger partial charge is 0.273 e. The maximum atomic E-state index is 13.2. The molecule has 15 nitrogen and oxygen atoms in total. The molecular weight excluding hydrogens is 546 g/mol. The van der Waals surface area contributed by atoms with E-state index in [9.17, 15) is 14.4 Å². The third-order valence-electron chi connectivity index (χ3n) is 6.91. The molecule has 4 rings (SSSR count). The van der Waals surface area contributed by atoms with E-state index >= 15 is 0 Å². The van der Waals surface area contributed by atoms with Crippen LogP contribution in [0, 0.1) is 0 Å². The Bertz CT molecular complexity index is 1160. The number of rotatable bonds is 12. The van der Waals surface area contributed by atoms with Crippen molar-refractivity contribution in [2.45, 2.75) is 75.9 Å². The molecule has 9 N–H and O–H groups in total. The minimum absolute atomic E-state index is 0.0154. The summed E-state index contributed by atoms with van der Waals surface area (Å²) in [5, 5.41) is 8.62. The molecule has 1 aliphatic heterocycles. The Morgan fingerprint density at radius 3 is 1.07 bits per heavy atom. The van der Waals surface area contributed by atoms with E-state index < -0.39 is 35.8 Å². The van der Waals surface area contributed by atoms with Gasteiger partial charge < -0.3 is 46.4 Å². The van der Waals surface area contributed by atoms with Crippen LogP contribution in [0.5, 0.6) is 0 Å². The van der Waals surface area contributed by atoms with E-state index in [1.165, 1.54) is 18.8 Å². The number of unbranched alkanes of at least 4 members (excludes halogenated alkanes) is 3. The van der Waals surface area contributed by atoms with Crippen molar-refractivity contribution >= 4 is 17.7 Å². The molecular formula is C27H39N9O6. The number of hydrogen-bond acceptors (Lipinski definition) is 12. The van der Waals surface area contributed by atoms with Crippen LogP contribution in [0.2, 0.25) is 0 Å². The number of amides is 3. The summed E-state index contributed by atoms with van der Waals surface area (Å²) >= 11 is 0. The monoisotopic (exact) mass is 585 g/mol.